The summed E-state index contributed by atoms with van der Waals surface area (Å²) in [6.45, 7) is 6.06. The Morgan fingerprint density at radius 1 is 1.22 bits per heavy atom. The van der Waals surface area contributed by atoms with Gasteiger partial charge >= 0.3 is 7.27 Å². The van der Waals surface area contributed by atoms with E-state index in [1.807, 2.05) is 19.6 Å². The summed E-state index contributed by atoms with van der Waals surface area (Å²) in [5.41, 5.74) is 1.65. The second-order valence-electron chi connectivity index (χ2n) is 3.06. The highest BCUT2D eigenvalue weighted by Crippen LogP contribution is 2.02. The third-order valence-corrected chi connectivity index (χ3v) is 1.93. The Morgan fingerprint density at radius 3 is 1.78 bits per heavy atom. The first-order valence-electron chi connectivity index (χ1n) is 2.89. The van der Waals surface area contributed by atoms with E-state index in [9.17, 15) is 8.63 Å². The number of hydrogen-bond acceptors (Lipinski definition) is 0. The third kappa shape index (κ3) is 7.88. The van der Waals surface area contributed by atoms with E-state index in [0.29, 0.717) is 0 Å². The minimum absolute atomic E-state index is 0.978. The second kappa shape index (κ2) is 3.15. The maximum Gasteiger partial charge on any atom is 0.564 e. The third-order valence-electron chi connectivity index (χ3n) is 0.742. The van der Waals surface area contributed by atoms with Gasteiger partial charge in [-0.3, -0.25) is 8.63 Å². The predicted octanol–water partition coefficient (Wildman–Crippen LogP) is 2.39. The first-order valence-corrected chi connectivity index (χ1v) is 6.47. The Bertz CT molecular complexity index is 106. The van der Waals surface area contributed by atoms with E-state index in [1.165, 1.54) is 0 Å². The molecule has 0 aromatic carbocycles. The zero-order valence-corrected chi connectivity index (χ0v) is 6.99. The Balaban J connectivity index is 3.71. The summed E-state index contributed by atoms with van der Waals surface area (Å²) in [6, 6.07) is 0. The SMILES string of the molecule is C[Si](C)(C)C=CB(F)F. The zero-order valence-electron chi connectivity index (χ0n) is 5.99. The molecule has 4 heteroatoms. The molecule has 0 bridgehead atoms. The summed E-state index contributed by atoms with van der Waals surface area (Å²) < 4.78 is 23.0. The molecule has 0 aromatic rings. The molecule has 0 N–H and O–H groups in total. The van der Waals surface area contributed by atoms with Crippen molar-refractivity contribution < 1.29 is 8.63 Å². The maximum atomic E-state index is 11.5. The van der Waals surface area contributed by atoms with Crippen molar-refractivity contribution in [2.75, 3.05) is 0 Å². The molecule has 0 fully saturated rings. The summed E-state index contributed by atoms with van der Waals surface area (Å²) >= 11 is 0. The van der Waals surface area contributed by atoms with Crippen LogP contribution in [0.2, 0.25) is 19.6 Å². The molecule has 0 aliphatic rings. The largest absolute Gasteiger partial charge is 0.564 e. The average Bonchev–Trinajstić information content (AvgIpc) is 1.59. The molecule has 0 aromatic heterocycles. The summed E-state index contributed by atoms with van der Waals surface area (Å²) in [5, 5.41) is 0. The lowest BCUT2D eigenvalue weighted by molar-refractivity contribution is 0.683. The molecule has 0 unspecified atom stereocenters. The zero-order chi connectivity index (χ0) is 7.49. The molecular formula is C5H11BF2Si. The van der Waals surface area contributed by atoms with E-state index in [1.54, 1.807) is 5.70 Å². The van der Waals surface area contributed by atoms with Gasteiger partial charge in [0.1, 0.15) is 0 Å². The van der Waals surface area contributed by atoms with Crippen LogP contribution in [0.15, 0.2) is 11.7 Å². The van der Waals surface area contributed by atoms with Crippen LogP contribution in [0.1, 0.15) is 0 Å². The highest BCUT2D eigenvalue weighted by Gasteiger charge is 2.11. The Hall–Kier alpha value is -0.118. The van der Waals surface area contributed by atoms with Crippen molar-refractivity contribution in [2.45, 2.75) is 19.6 Å². The Kier molecular flexibility index (Phi) is 3.11. The van der Waals surface area contributed by atoms with Crippen molar-refractivity contribution in [3.8, 4) is 0 Å². The lowest BCUT2D eigenvalue weighted by Crippen LogP contribution is -2.16. The van der Waals surface area contributed by atoms with Crippen LogP contribution in [-0.4, -0.2) is 15.3 Å². The molecule has 0 nitrogen and oxygen atoms in total. The topological polar surface area (TPSA) is 0 Å². The standard InChI is InChI=1S/C5H11BF2Si/c1-9(2,3)5-4-6(7)8/h4-5H,1-3H3. The van der Waals surface area contributed by atoms with E-state index in [2.05, 4.69) is 0 Å². The van der Waals surface area contributed by atoms with Crippen molar-refractivity contribution in [1.82, 2.24) is 0 Å². The molecule has 0 spiro atoms. The smallest absolute Gasteiger partial charge is 0.282 e. The Morgan fingerprint density at radius 2 is 1.67 bits per heavy atom. The van der Waals surface area contributed by atoms with Crippen LogP contribution in [0.4, 0.5) is 8.63 Å². The maximum absolute atomic E-state index is 11.5. The Labute approximate surface area is 56.1 Å². The van der Waals surface area contributed by atoms with Crippen LogP contribution in [0.25, 0.3) is 0 Å². The van der Waals surface area contributed by atoms with Gasteiger partial charge in [0.15, 0.2) is 0 Å². The highest BCUT2D eigenvalue weighted by molar-refractivity contribution is 6.81. The lowest BCUT2D eigenvalue weighted by atomic mass is 10.0. The van der Waals surface area contributed by atoms with Crippen molar-refractivity contribution in [1.29, 1.82) is 0 Å². The summed E-state index contributed by atoms with van der Waals surface area (Å²) in [6.07, 6.45) is 0. The van der Waals surface area contributed by atoms with Crippen molar-refractivity contribution >= 4 is 15.3 Å². The van der Waals surface area contributed by atoms with Crippen LogP contribution in [0, 0.1) is 0 Å². The van der Waals surface area contributed by atoms with E-state index in [4.69, 9.17) is 0 Å². The van der Waals surface area contributed by atoms with Crippen LogP contribution >= 0.6 is 0 Å². The van der Waals surface area contributed by atoms with Gasteiger partial charge in [-0.05, 0) is 0 Å². The van der Waals surface area contributed by atoms with Gasteiger partial charge in [0, 0.05) is 0 Å². The van der Waals surface area contributed by atoms with E-state index in [0.717, 1.165) is 5.98 Å². The van der Waals surface area contributed by atoms with Crippen molar-refractivity contribution in [3.63, 3.8) is 0 Å². The molecule has 0 saturated carbocycles. The molecule has 0 radical (unpaired) electrons. The first kappa shape index (κ1) is 8.88. The summed E-state index contributed by atoms with van der Waals surface area (Å²) in [5.74, 6) is 0.978. The average molecular weight is 148 g/mol. The van der Waals surface area contributed by atoms with Crippen LogP contribution in [-0.2, 0) is 0 Å². The molecule has 0 aliphatic carbocycles. The summed E-state index contributed by atoms with van der Waals surface area (Å²) in [4.78, 5) is 0. The van der Waals surface area contributed by atoms with E-state index < -0.39 is 15.3 Å². The molecule has 0 heterocycles. The van der Waals surface area contributed by atoms with Gasteiger partial charge in [0.2, 0.25) is 0 Å². The van der Waals surface area contributed by atoms with Gasteiger partial charge in [0.25, 0.3) is 0 Å². The fraction of sp³-hybridized carbons (Fsp3) is 0.600. The van der Waals surface area contributed by atoms with Crippen LogP contribution in [0.5, 0.6) is 0 Å². The highest BCUT2D eigenvalue weighted by atomic mass is 28.3. The van der Waals surface area contributed by atoms with Crippen molar-refractivity contribution in [2.24, 2.45) is 0 Å². The second-order valence-corrected chi connectivity index (χ2v) is 8.12. The lowest BCUT2D eigenvalue weighted by Gasteiger charge is -2.06. The minimum atomic E-state index is -2.28. The molecule has 0 amide bonds. The van der Waals surface area contributed by atoms with E-state index in [-0.39, 0.29) is 0 Å². The first-order chi connectivity index (χ1) is 3.92. The monoisotopic (exact) mass is 148 g/mol. The fourth-order valence-electron chi connectivity index (χ4n) is 0.361. The van der Waals surface area contributed by atoms with Crippen molar-refractivity contribution in [3.05, 3.63) is 11.7 Å². The van der Waals surface area contributed by atoms with Gasteiger partial charge in [0.05, 0.1) is 8.07 Å². The van der Waals surface area contributed by atoms with Crippen LogP contribution in [0.3, 0.4) is 0 Å². The van der Waals surface area contributed by atoms with Crippen LogP contribution < -0.4 is 0 Å². The normalized spacial score (nSPS) is 12.6. The van der Waals surface area contributed by atoms with Gasteiger partial charge in [-0.2, -0.15) is 0 Å². The molecular weight excluding hydrogens is 137 g/mol. The van der Waals surface area contributed by atoms with E-state index >= 15 is 0 Å². The van der Waals surface area contributed by atoms with Gasteiger partial charge in [-0.1, -0.05) is 25.6 Å². The molecule has 9 heavy (non-hydrogen) atoms. The number of halogens is 2. The van der Waals surface area contributed by atoms with Gasteiger partial charge in [-0.25, -0.2) is 0 Å². The molecule has 52 valence electrons. The van der Waals surface area contributed by atoms with Gasteiger partial charge < -0.3 is 0 Å². The molecule has 0 atom stereocenters. The molecule has 0 aliphatic heterocycles. The predicted molar refractivity (Wildman–Crippen MR) is 40.5 cm³/mol. The quantitative estimate of drug-likeness (QED) is 0.527. The minimum Gasteiger partial charge on any atom is -0.282 e. The molecule has 0 saturated heterocycles. The number of hydrogen-bond donors (Lipinski definition) is 0. The van der Waals surface area contributed by atoms with Gasteiger partial charge in [-0.15, -0.1) is 5.70 Å². The fourth-order valence-corrected chi connectivity index (χ4v) is 1.08. The number of rotatable bonds is 2. The summed E-state index contributed by atoms with van der Waals surface area (Å²) in [7, 11) is -3.66. The molecule has 0 rings (SSSR count).